The second-order valence-electron chi connectivity index (χ2n) is 8.06. The van der Waals surface area contributed by atoms with Crippen molar-refractivity contribution >= 4 is 57.8 Å². The van der Waals surface area contributed by atoms with Crippen LogP contribution in [-0.4, -0.2) is 86.2 Å². The first kappa shape index (κ1) is 25.5. The number of aromatic nitrogens is 1. The number of thioether (sulfide) groups is 1. The summed E-state index contributed by atoms with van der Waals surface area (Å²) in [4.78, 5) is 59.0. The lowest BCUT2D eigenvalue weighted by atomic mass is 10.0. The van der Waals surface area contributed by atoms with Crippen molar-refractivity contribution in [2.45, 2.75) is 37.8 Å². The van der Waals surface area contributed by atoms with Gasteiger partial charge in [-0.3, -0.25) is 19.8 Å². The number of aliphatic hydroxyl groups is 1. The predicted molar refractivity (Wildman–Crippen MR) is 122 cm³/mol. The molecule has 0 unspecified atom stereocenters. The molecule has 1 aromatic heterocycles. The van der Waals surface area contributed by atoms with Gasteiger partial charge in [-0.25, -0.2) is 14.6 Å². The topological polar surface area (TPSA) is 180 Å². The van der Waals surface area contributed by atoms with Crippen LogP contribution in [0.2, 0.25) is 0 Å². The summed E-state index contributed by atoms with van der Waals surface area (Å²) in [6.45, 7) is 4.64. The van der Waals surface area contributed by atoms with Crippen molar-refractivity contribution < 1.29 is 39.0 Å². The quantitative estimate of drug-likeness (QED) is 0.229. The Kier molecular flexibility index (Phi) is 7.48. The van der Waals surface area contributed by atoms with Crippen LogP contribution in [0.1, 0.15) is 26.5 Å². The Hall–Kier alpha value is -3.17. The summed E-state index contributed by atoms with van der Waals surface area (Å²) < 4.78 is 5.16. The molecule has 1 saturated heterocycles. The third-order valence-electron chi connectivity index (χ3n) is 4.48. The van der Waals surface area contributed by atoms with Crippen LogP contribution in [0, 0.1) is 0 Å². The average Bonchev–Trinajstić information content (AvgIpc) is 3.20. The van der Waals surface area contributed by atoms with Gasteiger partial charge in [-0.2, -0.15) is 0 Å². The van der Waals surface area contributed by atoms with Gasteiger partial charge >= 0.3 is 12.1 Å². The van der Waals surface area contributed by atoms with Gasteiger partial charge < -0.3 is 25.1 Å². The number of nitrogens with one attached hydrogen (secondary N) is 2. The molecule has 184 valence electrons. The lowest BCUT2D eigenvalue weighted by Crippen LogP contribution is -2.71. The first-order chi connectivity index (χ1) is 16.0. The zero-order valence-corrected chi connectivity index (χ0v) is 20.3. The molecule has 0 aromatic carbocycles. The number of thiazole rings is 1. The van der Waals surface area contributed by atoms with E-state index in [1.54, 1.807) is 20.8 Å². The first-order valence-electron chi connectivity index (χ1n) is 9.85. The Balaban J connectivity index is 1.72. The molecule has 0 radical (unpaired) electrons. The van der Waals surface area contributed by atoms with Gasteiger partial charge in [0.25, 0.3) is 11.8 Å². The van der Waals surface area contributed by atoms with E-state index < -0.39 is 47.5 Å². The Morgan fingerprint density at radius 3 is 2.65 bits per heavy atom. The summed E-state index contributed by atoms with van der Waals surface area (Å²) in [5.74, 6) is -2.54. The van der Waals surface area contributed by atoms with Gasteiger partial charge in [-0.05, 0) is 26.3 Å². The van der Waals surface area contributed by atoms with Crippen molar-refractivity contribution in [3.63, 3.8) is 0 Å². The van der Waals surface area contributed by atoms with E-state index in [0.717, 1.165) is 16.2 Å². The zero-order chi connectivity index (χ0) is 25.2. The SMILES string of the molecule is CON=C(C(=O)N[C@@H]1C(=O)N2C(C(=O)O)=C(CO)CS[C@@H]12)c1csc(NC(=O)OC(C)(C)C)n1. The monoisotopic (exact) mass is 513 g/mol. The number of carbonyl (C=O) groups is 4. The standard InChI is InChI=1S/C19H23N5O8S2/c1-19(2,3)32-18(30)22-17-20-9(7-34-17)10(23-31-4)13(26)21-11-14(27)24-12(16(28)29)8(5-25)6-33-15(11)24/h7,11,15,25H,5-6H2,1-4H3,(H,21,26)(H,28,29)(H,20,22,30)/t11-,15+/m1/s1. The fraction of sp³-hybridized carbons (Fsp3) is 0.474. The Morgan fingerprint density at radius 1 is 1.35 bits per heavy atom. The summed E-state index contributed by atoms with van der Waals surface area (Å²) in [5.41, 5.74) is -0.913. The van der Waals surface area contributed by atoms with Gasteiger partial charge in [0.15, 0.2) is 10.8 Å². The van der Waals surface area contributed by atoms with E-state index in [0.29, 0.717) is 0 Å². The molecular weight excluding hydrogens is 490 g/mol. The molecule has 2 aliphatic rings. The fourth-order valence-corrected chi connectivity index (χ4v) is 5.16. The van der Waals surface area contributed by atoms with E-state index >= 15 is 0 Å². The number of aliphatic hydroxyl groups excluding tert-OH is 1. The summed E-state index contributed by atoms with van der Waals surface area (Å²) in [7, 11) is 1.23. The number of carboxylic acid groups (broad SMARTS) is 1. The molecule has 1 fully saturated rings. The number of carbonyl (C=O) groups excluding carboxylic acids is 3. The van der Waals surface area contributed by atoms with Gasteiger partial charge in [0.1, 0.15) is 35.5 Å². The average molecular weight is 514 g/mol. The van der Waals surface area contributed by atoms with E-state index in [2.05, 4.69) is 20.8 Å². The molecule has 4 N–H and O–H groups in total. The number of nitrogens with zero attached hydrogens (tertiary/aromatic N) is 3. The van der Waals surface area contributed by atoms with E-state index in [9.17, 15) is 29.4 Å². The highest BCUT2D eigenvalue weighted by atomic mass is 32.2. The van der Waals surface area contributed by atoms with Crippen molar-refractivity contribution in [2.24, 2.45) is 5.16 Å². The molecule has 15 heteroatoms. The Bertz CT molecular complexity index is 1080. The van der Waals surface area contributed by atoms with Gasteiger partial charge in [0, 0.05) is 11.1 Å². The number of oxime groups is 1. The Labute approximate surface area is 202 Å². The predicted octanol–water partition coefficient (Wildman–Crippen LogP) is 0.571. The molecule has 3 rings (SSSR count). The molecule has 0 saturated carbocycles. The highest BCUT2D eigenvalue weighted by Gasteiger charge is 2.54. The van der Waals surface area contributed by atoms with Gasteiger partial charge in [0.05, 0.1) is 6.61 Å². The molecule has 1 aromatic rings. The molecule has 0 bridgehead atoms. The number of rotatable bonds is 7. The number of amides is 3. The lowest BCUT2D eigenvalue weighted by Gasteiger charge is -2.49. The number of carboxylic acids is 1. The van der Waals surface area contributed by atoms with Crippen LogP contribution in [0.25, 0.3) is 0 Å². The minimum Gasteiger partial charge on any atom is -0.477 e. The van der Waals surface area contributed by atoms with Crippen LogP contribution in [-0.2, 0) is 24.0 Å². The number of hydrogen-bond donors (Lipinski definition) is 4. The second-order valence-corrected chi connectivity index (χ2v) is 10.0. The zero-order valence-electron chi connectivity index (χ0n) is 18.6. The van der Waals surface area contributed by atoms with Crippen LogP contribution >= 0.6 is 23.1 Å². The van der Waals surface area contributed by atoms with Crippen LogP contribution in [0.3, 0.4) is 0 Å². The number of aliphatic carboxylic acids is 1. The van der Waals surface area contributed by atoms with Crippen LogP contribution in [0.15, 0.2) is 21.8 Å². The maximum Gasteiger partial charge on any atom is 0.413 e. The third-order valence-corrected chi connectivity index (χ3v) is 6.58. The van der Waals surface area contributed by atoms with Crippen molar-refractivity contribution in [2.75, 3.05) is 24.8 Å². The summed E-state index contributed by atoms with van der Waals surface area (Å²) in [5, 5.41) is 28.5. The number of ether oxygens (including phenoxy) is 1. The highest BCUT2D eigenvalue weighted by Crippen LogP contribution is 2.40. The van der Waals surface area contributed by atoms with Crippen molar-refractivity contribution in [3.8, 4) is 0 Å². The molecule has 0 spiro atoms. The molecule has 3 amide bonds. The van der Waals surface area contributed by atoms with Crippen molar-refractivity contribution in [1.29, 1.82) is 0 Å². The number of anilines is 1. The van der Waals surface area contributed by atoms with Crippen molar-refractivity contribution in [1.82, 2.24) is 15.2 Å². The van der Waals surface area contributed by atoms with Gasteiger partial charge in [-0.1, -0.05) is 5.16 Å². The minimum absolute atomic E-state index is 0.0871. The van der Waals surface area contributed by atoms with Crippen LogP contribution in [0.5, 0.6) is 0 Å². The highest BCUT2D eigenvalue weighted by molar-refractivity contribution is 8.00. The normalized spacial score (nSPS) is 20.3. The third kappa shape index (κ3) is 5.31. The Morgan fingerprint density at radius 2 is 2.06 bits per heavy atom. The molecule has 2 atom stereocenters. The largest absolute Gasteiger partial charge is 0.477 e. The summed E-state index contributed by atoms with van der Waals surface area (Å²) in [6, 6.07) is -1.01. The second kappa shape index (κ2) is 9.99. The summed E-state index contributed by atoms with van der Waals surface area (Å²) >= 11 is 2.25. The van der Waals surface area contributed by atoms with Crippen LogP contribution in [0.4, 0.5) is 9.93 Å². The summed E-state index contributed by atoms with van der Waals surface area (Å²) in [6.07, 6.45) is -0.720. The van der Waals surface area contributed by atoms with Gasteiger partial charge in [0.2, 0.25) is 0 Å². The van der Waals surface area contributed by atoms with E-state index in [4.69, 9.17) is 9.57 Å². The van der Waals surface area contributed by atoms with Gasteiger partial charge in [-0.15, -0.1) is 23.1 Å². The van der Waals surface area contributed by atoms with E-state index in [-0.39, 0.29) is 33.6 Å². The van der Waals surface area contributed by atoms with Crippen molar-refractivity contribution in [3.05, 3.63) is 22.3 Å². The minimum atomic E-state index is -1.33. The maximum atomic E-state index is 12.9. The number of hydrogen-bond acceptors (Lipinski definition) is 11. The number of fused-ring (bicyclic) bond motifs is 1. The maximum absolute atomic E-state index is 12.9. The van der Waals surface area contributed by atoms with E-state index in [1.807, 2.05) is 0 Å². The van der Waals surface area contributed by atoms with Crippen LogP contribution < -0.4 is 10.6 Å². The first-order valence-corrected chi connectivity index (χ1v) is 11.8. The van der Waals surface area contributed by atoms with E-state index in [1.165, 1.54) is 24.3 Å². The number of β-lactam (4-membered cyclic amide) rings is 1. The molecular formula is C19H23N5O8S2. The molecule has 34 heavy (non-hydrogen) atoms. The molecule has 3 heterocycles. The molecule has 2 aliphatic heterocycles. The lowest BCUT2D eigenvalue weighted by molar-refractivity contribution is -0.150. The molecule has 13 nitrogen and oxygen atoms in total. The smallest absolute Gasteiger partial charge is 0.413 e. The fourth-order valence-electron chi connectivity index (χ4n) is 3.14. The molecule has 0 aliphatic carbocycles.